The van der Waals surface area contributed by atoms with Crippen LogP contribution in [0.25, 0.3) is 0 Å². The monoisotopic (exact) mass is 588 g/mol. The van der Waals surface area contributed by atoms with E-state index in [0.717, 1.165) is 0 Å². The first kappa shape index (κ1) is 31.7. The Bertz CT molecular complexity index is 1300. The van der Waals surface area contributed by atoms with Crippen LogP contribution in [-0.4, -0.2) is 81.6 Å². The molecule has 11 nitrogen and oxygen atoms in total. The Kier molecular flexibility index (Phi) is 8.40. The topological polar surface area (TPSA) is 177 Å². The van der Waals surface area contributed by atoms with E-state index in [0.29, 0.717) is 30.5 Å². The van der Waals surface area contributed by atoms with Crippen LogP contribution in [0, 0.1) is 28.6 Å². The van der Waals surface area contributed by atoms with Crippen molar-refractivity contribution in [3.63, 3.8) is 0 Å². The van der Waals surface area contributed by atoms with Crippen molar-refractivity contribution in [2.45, 2.75) is 70.8 Å². The minimum absolute atomic E-state index is 0.131. The van der Waals surface area contributed by atoms with Crippen LogP contribution in [0.1, 0.15) is 53.4 Å². The zero-order chi connectivity index (χ0) is 31.3. The minimum Gasteiger partial charge on any atom is -0.390 e. The molecule has 0 bridgehead atoms. The van der Waals surface area contributed by atoms with E-state index in [1.54, 1.807) is 39.0 Å². The highest BCUT2D eigenvalue weighted by atomic mass is 19.1. The third kappa shape index (κ3) is 4.73. The minimum atomic E-state index is -2.08. The Hall–Kier alpha value is -3.22. The molecule has 4 rings (SSSR count). The van der Waals surface area contributed by atoms with Crippen molar-refractivity contribution in [2.75, 3.05) is 19.7 Å². The first-order valence-electron chi connectivity index (χ1n) is 14.3. The van der Waals surface area contributed by atoms with Gasteiger partial charge in [0.1, 0.15) is 12.2 Å². The van der Waals surface area contributed by atoms with E-state index in [1.807, 2.05) is 0 Å². The molecule has 0 aromatic rings. The van der Waals surface area contributed by atoms with Crippen molar-refractivity contribution >= 4 is 29.2 Å². The van der Waals surface area contributed by atoms with E-state index in [4.69, 9.17) is 0 Å². The number of alkyl halides is 1. The number of halogens is 1. The summed E-state index contributed by atoms with van der Waals surface area (Å²) in [5, 5.41) is 41.4. The van der Waals surface area contributed by atoms with Gasteiger partial charge in [0.2, 0.25) is 11.8 Å². The molecule has 12 heteroatoms. The molecule has 3 amide bonds. The molecule has 0 heterocycles. The Labute approximate surface area is 244 Å². The molecule has 42 heavy (non-hydrogen) atoms. The van der Waals surface area contributed by atoms with Gasteiger partial charge in [0.15, 0.2) is 11.5 Å². The molecule has 0 aliphatic heterocycles. The van der Waals surface area contributed by atoms with Crippen LogP contribution >= 0.6 is 0 Å². The molecule has 4 aliphatic rings. The predicted molar refractivity (Wildman–Crippen MR) is 151 cm³/mol. The second-order valence-corrected chi connectivity index (χ2v) is 12.7. The van der Waals surface area contributed by atoms with Crippen LogP contribution in [-0.2, 0) is 19.2 Å². The molecule has 3 saturated carbocycles. The van der Waals surface area contributed by atoms with Crippen molar-refractivity contribution < 1.29 is 38.9 Å². The lowest BCUT2D eigenvalue weighted by Gasteiger charge is -2.62. The quantitative estimate of drug-likeness (QED) is 0.178. The third-order valence-electron chi connectivity index (χ3n) is 10.4. The van der Waals surface area contributed by atoms with Gasteiger partial charge < -0.3 is 26.0 Å². The van der Waals surface area contributed by atoms with Crippen LogP contribution in [0.15, 0.2) is 41.1 Å². The number of allylic oxidation sites excluding steroid dienone is 4. The number of hydrazone groups is 1. The van der Waals surface area contributed by atoms with Crippen LogP contribution < -0.4 is 16.1 Å². The molecule has 0 spiro atoms. The fraction of sp³-hybridized carbons (Fsp3) is 0.633. The maximum absolute atomic E-state index is 17.4. The number of Topliss-reactive ketones (excluding diaryl/α,β-unsaturated/α-hetero) is 1. The number of aliphatic hydroxyl groups excluding tert-OH is 2. The number of aliphatic hydroxyl groups is 3. The fourth-order valence-corrected chi connectivity index (χ4v) is 8.06. The van der Waals surface area contributed by atoms with Crippen molar-refractivity contribution in [1.29, 1.82) is 0 Å². The molecular formula is C30H41FN4O7. The first-order valence-corrected chi connectivity index (χ1v) is 14.3. The zero-order valence-electron chi connectivity index (χ0n) is 24.5. The first-order chi connectivity index (χ1) is 19.6. The number of fused-ring (bicyclic) bond motifs is 5. The number of carbonyl (C=O) groups excluding carboxylic acids is 4. The average molecular weight is 589 g/mol. The van der Waals surface area contributed by atoms with Gasteiger partial charge >= 0.3 is 0 Å². The second kappa shape index (κ2) is 11.1. The van der Waals surface area contributed by atoms with Gasteiger partial charge in [-0.1, -0.05) is 32.1 Å². The summed E-state index contributed by atoms with van der Waals surface area (Å²) in [4.78, 5) is 48.3. The summed E-state index contributed by atoms with van der Waals surface area (Å²) in [5.41, 5.74) is -2.55. The number of rotatable bonds is 8. The summed E-state index contributed by atoms with van der Waals surface area (Å²) in [6.45, 7) is 8.67. The van der Waals surface area contributed by atoms with Crippen molar-refractivity contribution in [2.24, 2.45) is 33.7 Å². The van der Waals surface area contributed by atoms with E-state index in [2.05, 4.69) is 27.7 Å². The van der Waals surface area contributed by atoms with Crippen molar-refractivity contribution in [3.05, 3.63) is 36.0 Å². The Balaban J connectivity index is 1.46. The highest BCUT2D eigenvalue weighted by molar-refractivity contribution is 6.06. The molecule has 230 valence electrons. The lowest BCUT2D eigenvalue weighted by molar-refractivity contribution is -0.219. The van der Waals surface area contributed by atoms with Gasteiger partial charge in [0, 0.05) is 22.3 Å². The van der Waals surface area contributed by atoms with Gasteiger partial charge in [-0.25, -0.2) is 9.82 Å². The predicted octanol–water partition coefficient (Wildman–Crippen LogP) is 0.607. The van der Waals surface area contributed by atoms with E-state index < -0.39 is 70.2 Å². The van der Waals surface area contributed by atoms with E-state index >= 15 is 4.39 Å². The Morgan fingerprint density at radius 3 is 2.45 bits per heavy atom. The third-order valence-corrected chi connectivity index (χ3v) is 10.4. The summed E-state index contributed by atoms with van der Waals surface area (Å²) >= 11 is 0. The van der Waals surface area contributed by atoms with Gasteiger partial charge in [-0.15, -0.1) is 0 Å². The summed E-state index contributed by atoms with van der Waals surface area (Å²) in [6.07, 6.45) is 4.57. The number of ketones is 1. The average Bonchev–Trinajstić information content (AvgIpc) is 3.15. The highest BCUT2D eigenvalue weighted by Gasteiger charge is 2.75. The maximum atomic E-state index is 17.4. The van der Waals surface area contributed by atoms with Gasteiger partial charge in [0.05, 0.1) is 24.9 Å². The Morgan fingerprint density at radius 2 is 1.81 bits per heavy atom. The number of nitrogens with one attached hydrogen (secondary N) is 3. The lowest BCUT2D eigenvalue weighted by Crippen LogP contribution is -2.69. The summed E-state index contributed by atoms with van der Waals surface area (Å²) in [7, 11) is 0. The van der Waals surface area contributed by atoms with Crippen LogP contribution in [0.4, 0.5) is 4.39 Å². The van der Waals surface area contributed by atoms with E-state index in [9.17, 15) is 34.5 Å². The van der Waals surface area contributed by atoms with Gasteiger partial charge in [0.25, 0.3) is 5.91 Å². The number of carbonyl (C=O) groups is 4. The second-order valence-electron chi connectivity index (χ2n) is 12.7. The van der Waals surface area contributed by atoms with E-state index in [-0.39, 0.29) is 31.0 Å². The summed E-state index contributed by atoms with van der Waals surface area (Å²) in [6, 6.07) is 0. The van der Waals surface area contributed by atoms with Crippen LogP contribution in [0.2, 0.25) is 0 Å². The smallest absolute Gasteiger partial charge is 0.259 e. The molecule has 0 radical (unpaired) electrons. The van der Waals surface area contributed by atoms with Gasteiger partial charge in [-0.2, -0.15) is 5.10 Å². The summed E-state index contributed by atoms with van der Waals surface area (Å²) < 4.78 is 17.4. The standard InChI is InChI=1S/C30H41FN4O7/c1-16(2)26(41)33-13-24(39)32-14-25(40)35-34-19-8-9-27(4)18(11-19)6-7-20-21-10-17(3)30(42,23(38)15-36)28(21,5)12-22(37)29(20,27)31/h8-9,11,17,20-22,36-37,42H,1,6-7,10,12-15H2,2-5H3,(H,32,39)(H,33,41)(H,35,40)/b34-19-/t17-,20+,21+,22+,27+,28+,29+,30+/m1/s1. The molecule has 0 unspecified atom stereocenters. The zero-order valence-corrected chi connectivity index (χ0v) is 24.5. The normalized spacial score (nSPS) is 39.3. The number of amides is 3. The molecule has 0 saturated heterocycles. The van der Waals surface area contributed by atoms with Crippen LogP contribution in [0.5, 0.6) is 0 Å². The van der Waals surface area contributed by atoms with Crippen molar-refractivity contribution in [1.82, 2.24) is 16.1 Å². The molecule has 3 fully saturated rings. The van der Waals surface area contributed by atoms with Crippen LogP contribution in [0.3, 0.4) is 0 Å². The Morgan fingerprint density at radius 1 is 1.14 bits per heavy atom. The molecule has 8 atom stereocenters. The number of hydrogen-bond donors (Lipinski definition) is 6. The largest absolute Gasteiger partial charge is 0.390 e. The maximum Gasteiger partial charge on any atom is 0.259 e. The summed E-state index contributed by atoms with van der Waals surface area (Å²) in [5.74, 6) is -3.86. The van der Waals surface area contributed by atoms with Crippen molar-refractivity contribution in [3.8, 4) is 0 Å². The molecule has 4 aliphatic carbocycles. The SMILES string of the molecule is C=C(C)C(=O)NCC(=O)NCC(=O)N/N=C1/C=C[C@@]2(C)C(=C1)CC[C@H]1[C@@H]3C[C@@H](C)[C@](O)(C(=O)CO)[C@@]3(C)C[C@H](O)[C@@]12F. The van der Waals surface area contributed by atoms with Gasteiger partial charge in [-0.3, -0.25) is 19.2 Å². The number of hydrogen-bond acceptors (Lipinski definition) is 8. The van der Waals surface area contributed by atoms with E-state index in [1.165, 1.54) is 6.92 Å². The lowest BCUT2D eigenvalue weighted by atomic mass is 9.44. The molecule has 0 aromatic carbocycles. The fourth-order valence-electron chi connectivity index (χ4n) is 8.06. The number of nitrogens with zero attached hydrogens (tertiary/aromatic N) is 1. The molecule has 0 aromatic heterocycles. The highest BCUT2D eigenvalue weighted by Crippen LogP contribution is 2.70. The molecule has 6 N–H and O–H groups in total. The molecular weight excluding hydrogens is 547 g/mol. The van der Waals surface area contributed by atoms with Gasteiger partial charge in [-0.05, 0) is 63.5 Å².